The van der Waals surface area contributed by atoms with E-state index in [9.17, 15) is 9.59 Å². The van der Waals surface area contributed by atoms with Gasteiger partial charge in [-0.2, -0.15) is 0 Å². The Balaban J connectivity index is 1.40. The summed E-state index contributed by atoms with van der Waals surface area (Å²) in [5.41, 5.74) is 1.89. The first-order valence-corrected chi connectivity index (χ1v) is 11.4. The lowest BCUT2D eigenvalue weighted by molar-refractivity contribution is -0.120. The standard InChI is InChI=1S/C23H26N4O4S/c1-30-18-10-8-16(13-19(18)31-2)25-22(29)24-15-9-11-20-17(12-15)26-23(32-20)27-21(28)14-6-4-3-5-7-14/h8-14H,3-7H2,1-2H3,(H2,24,25,29)(H,26,27,28). The number of rotatable bonds is 6. The third-order valence-corrected chi connectivity index (χ3v) is 6.44. The van der Waals surface area contributed by atoms with Crippen LogP contribution in [0.5, 0.6) is 11.5 Å². The number of amides is 3. The van der Waals surface area contributed by atoms with Crippen molar-refractivity contribution >= 4 is 50.0 Å². The van der Waals surface area contributed by atoms with Crippen LogP contribution in [0.3, 0.4) is 0 Å². The summed E-state index contributed by atoms with van der Waals surface area (Å²) in [5, 5.41) is 9.12. The first-order valence-electron chi connectivity index (χ1n) is 10.6. The summed E-state index contributed by atoms with van der Waals surface area (Å²) in [7, 11) is 3.09. The zero-order valence-corrected chi connectivity index (χ0v) is 18.9. The molecule has 0 spiro atoms. The van der Waals surface area contributed by atoms with Crippen LogP contribution in [-0.2, 0) is 4.79 Å². The number of nitrogens with zero attached hydrogens (tertiary/aromatic N) is 1. The van der Waals surface area contributed by atoms with Crippen molar-refractivity contribution in [3.05, 3.63) is 36.4 Å². The third kappa shape index (κ3) is 5.11. The van der Waals surface area contributed by atoms with Crippen molar-refractivity contribution in [2.24, 2.45) is 5.92 Å². The SMILES string of the molecule is COc1ccc(NC(=O)Nc2ccc3sc(NC(=O)C4CCCCC4)nc3c2)cc1OC. The molecule has 4 rings (SSSR count). The van der Waals surface area contributed by atoms with Crippen LogP contribution in [0.4, 0.5) is 21.3 Å². The molecule has 1 saturated carbocycles. The number of aromatic nitrogens is 1. The van der Waals surface area contributed by atoms with E-state index in [-0.39, 0.29) is 11.8 Å². The molecule has 0 unspecified atom stereocenters. The van der Waals surface area contributed by atoms with Crippen molar-refractivity contribution < 1.29 is 19.1 Å². The van der Waals surface area contributed by atoms with Crippen molar-refractivity contribution in [2.45, 2.75) is 32.1 Å². The summed E-state index contributed by atoms with van der Waals surface area (Å²) in [6.07, 6.45) is 5.32. The quantitative estimate of drug-likeness (QED) is 0.458. The van der Waals surface area contributed by atoms with E-state index in [2.05, 4.69) is 20.9 Å². The van der Waals surface area contributed by atoms with Gasteiger partial charge in [-0.15, -0.1) is 0 Å². The van der Waals surface area contributed by atoms with Gasteiger partial charge in [0.25, 0.3) is 0 Å². The molecule has 3 aromatic rings. The molecule has 0 radical (unpaired) electrons. The summed E-state index contributed by atoms with van der Waals surface area (Å²) in [4.78, 5) is 29.4. The minimum Gasteiger partial charge on any atom is -0.493 e. The fraction of sp³-hybridized carbons (Fsp3) is 0.348. The average molecular weight is 455 g/mol. The highest BCUT2D eigenvalue weighted by Gasteiger charge is 2.22. The molecule has 0 bridgehead atoms. The lowest BCUT2D eigenvalue weighted by Crippen LogP contribution is -2.24. The molecule has 1 aliphatic rings. The second kappa shape index (κ2) is 9.86. The number of carbonyl (C=O) groups is 2. The number of fused-ring (bicyclic) bond motifs is 1. The lowest BCUT2D eigenvalue weighted by Gasteiger charge is -2.19. The molecule has 3 amide bonds. The predicted octanol–water partition coefficient (Wildman–Crippen LogP) is 5.48. The number of ether oxygens (including phenoxy) is 2. The lowest BCUT2D eigenvalue weighted by atomic mass is 9.89. The second-order valence-corrected chi connectivity index (χ2v) is 8.71. The maximum Gasteiger partial charge on any atom is 0.323 e. The van der Waals surface area contributed by atoms with Crippen molar-refractivity contribution in [2.75, 3.05) is 30.2 Å². The zero-order valence-electron chi connectivity index (χ0n) is 18.1. The normalized spacial score (nSPS) is 14.1. The van der Waals surface area contributed by atoms with E-state index in [1.54, 1.807) is 37.4 Å². The van der Waals surface area contributed by atoms with Gasteiger partial charge in [0.15, 0.2) is 16.6 Å². The highest BCUT2D eigenvalue weighted by atomic mass is 32.1. The maximum atomic E-state index is 12.5. The van der Waals surface area contributed by atoms with Gasteiger partial charge >= 0.3 is 6.03 Å². The van der Waals surface area contributed by atoms with Crippen LogP contribution in [0.15, 0.2) is 36.4 Å². The van der Waals surface area contributed by atoms with Crippen LogP contribution < -0.4 is 25.4 Å². The third-order valence-electron chi connectivity index (χ3n) is 5.49. The first kappa shape index (κ1) is 21.9. The Hall–Kier alpha value is -3.33. The van der Waals surface area contributed by atoms with Crippen LogP contribution in [-0.4, -0.2) is 31.1 Å². The van der Waals surface area contributed by atoms with Gasteiger partial charge in [0.05, 0.1) is 24.4 Å². The van der Waals surface area contributed by atoms with E-state index in [0.29, 0.717) is 28.0 Å². The van der Waals surface area contributed by atoms with Crippen LogP contribution in [0, 0.1) is 5.92 Å². The molecule has 8 nitrogen and oxygen atoms in total. The summed E-state index contributed by atoms with van der Waals surface area (Å²) in [5.74, 6) is 1.24. The fourth-order valence-electron chi connectivity index (χ4n) is 3.84. The van der Waals surface area contributed by atoms with Gasteiger partial charge in [0.2, 0.25) is 5.91 Å². The highest BCUT2D eigenvalue weighted by Crippen LogP contribution is 2.31. The van der Waals surface area contributed by atoms with Crippen molar-refractivity contribution in [3.63, 3.8) is 0 Å². The van der Waals surface area contributed by atoms with E-state index in [1.807, 2.05) is 6.07 Å². The Morgan fingerprint density at radius 1 is 0.906 bits per heavy atom. The van der Waals surface area contributed by atoms with Crippen LogP contribution in [0.1, 0.15) is 32.1 Å². The molecule has 3 N–H and O–H groups in total. The molecular formula is C23H26N4O4S. The Labute approximate surface area is 190 Å². The molecule has 1 aromatic heterocycles. The Morgan fingerprint density at radius 3 is 2.31 bits per heavy atom. The van der Waals surface area contributed by atoms with Crippen molar-refractivity contribution in [1.82, 2.24) is 4.98 Å². The summed E-state index contributed by atoms with van der Waals surface area (Å²) < 4.78 is 11.4. The predicted molar refractivity (Wildman–Crippen MR) is 127 cm³/mol. The van der Waals surface area contributed by atoms with Gasteiger partial charge < -0.3 is 25.4 Å². The topological polar surface area (TPSA) is 102 Å². The minimum absolute atomic E-state index is 0.0522. The van der Waals surface area contributed by atoms with E-state index in [0.717, 1.165) is 35.9 Å². The van der Waals surface area contributed by atoms with E-state index in [1.165, 1.54) is 24.9 Å². The van der Waals surface area contributed by atoms with Gasteiger partial charge in [-0.1, -0.05) is 30.6 Å². The molecule has 0 saturated heterocycles. The number of hydrogen-bond donors (Lipinski definition) is 3. The van der Waals surface area contributed by atoms with Gasteiger partial charge in [0, 0.05) is 23.4 Å². The number of hydrogen-bond acceptors (Lipinski definition) is 6. The Bertz CT molecular complexity index is 1120. The van der Waals surface area contributed by atoms with E-state index >= 15 is 0 Å². The molecule has 1 heterocycles. The Morgan fingerprint density at radius 2 is 1.59 bits per heavy atom. The van der Waals surface area contributed by atoms with Crippen LogP contribution in [0.25, 0.3) is 10.2 Å². The zero-order chi connectivity index (χ0) is 22.5. The molecule has 32 heavy (non-hydrogen) atoms. The Kier molecular flexibility index (Phi) is 6.75. The number of carbonyl (C=O) groups excluding carboxylic acids is 2. The van der Waals surface area contributed by atoms with E-state index < -0.39 is 6.03 Å². The summed E-state index contributed by atoms with van der Waals surface area (Å²) in [6.45, 7) is 0. The minimum atomic E-state index is -0.391. The van der Waals surface area contributed by atoms with Gasteiger partial charge in [-0.05, 0) is 43.2 Å². The van der Waals surface area contributed by atoms with E-state index in [4.69, 9.17) is 9.47 Å². The molecule has 1 fully saturated rings. The number of urea groups is 1. The van der Waals surface area contributed by atoms with Crippen molar-refractivity contribution in [3.8, 4) is 11.5 Å². The summed E-state index contributed by atoms with van der Waals surface area (Å²) in [6, 6.07) is 10.2. The molecule has 1 aliphatic carbocycles. The molecule has 0 atom stereocenters. The molecular weight excluding hydrogens is 428 g/mol. The van der Waals surface area contributed by atoms with Crippen molar-refractivity contribution in [1.29, 1.82) is 0 Å². The van der Waals surface area contributed by atoms with Crippen LogP contribution >= 0.6 is 11.3 Å². The van der Waals surface area contributed by atoms with Gasteiger partial charge in [0.1, 0.15) is 0 Å². The monoisotopic (exact) mass is 454 g/mol. The number of thiazole rings is 1. The molecule has 0 aliphatic heterocycles. The fourth-order valence-corrected chi connectivity index (χ4v) is 4.69. The largest absolute Gasteiger partial charge is 0.493 e. The van der Waals surface area contributed by atoms with Crippen LogP contribution in [0.2, 0.25) is 0 Å². The number of nitrogens with one attached hydrogen (secondary N) is 3. The number of benzene rings is 2. The molecule has 2 aromatic carbocycles. The van der Waals surface area contributed by atoms with Gasteiger partial charge in [-0.3, -0.25) is 4.79 Å². The maximum absolute atomic E-state index is 12.5. The molecule has 168 valence electrons. The highest BCUT2D eigenvalue weighted by molar-refractivity contribution is 7.22. The average Bonchev–Trinajstić information content (AvgIpc) is 3.20. The number of methoxy groups -OCH3 is 2. The number of anilines is 3. The first-order chi connectivity index (χ1) is 15.6. The smallest absolute Gasteiger partial charge is 0.323 e. The second-order valence-electron chi connectivity index (χ2n) is 7.67. The van der Waals surface area contributed by atoms with Gasteiger partial charge in [-0.25, -0.2) is 9.78 Å². The summed E-state index contributed by atoms with van der Waals surface area (Å²) >= 11 is 1.43. The molecule has 9 heteroatoms.